The van der Waals surface area contributed by atoms with Crippen LogP contribution in [0.4, 0.5) is 13.2 Å². The molecule has 0 spiro atoms. The summed E-state index contributed by atoms with van der Waals surface area (Å²) >= 11 is 0. The minimum atomic E-state index is -4.83. The van der Waals surface area contributed by atoms with E-state index >= 15 is 0 Å². The fourth-order valence-corrected chi connectivity index (χ4v) is 3.24. The molecule has 160 valence electrons. The number of hydrogen-bond donors (Lipinski definition) is 2. The average Bonchev–Trinajstić information content (AvgIpc) is 3.39. The van der Waals surface area contributed by atoms with Gasteiger partial charge in [-0.2, -0.15) is 18.3 Å². The Hall–Kier alpha value is -3.89. The number of aromatic amines is 1. The standard InChI is InChI=1S/C20H17F3N6O2/c1-31-17-7-6-16(27-28-17)29-18(20(21,22)23)14(11-26-29)19(30)24-9-8-12-10-25-15-5-3-2-4-13(12)15/h2-7,10-11,25H,8-9H2,1H3,(H,24,30). The molecular weight excluding hydrogens is 413 g/mol. The number of amides is 1. The highest BCUT2D eigenvalue weighted by atomic mass is 19.4. The number of alkyl halides is 3. The number of para-hydroxylation sites is 1. The molecular formula is C20H17F3N6O2. The summed E-state index contributed by atoms with van der Waals surface area (Å²) < 4.78 is 46.6. The Bertz CT molecular complexity index is 1210. The number of methoxy groups -OCH3 is 1. The molecule has 0 saturated carbocycles. The summed E-state index contributed by atoms with van der Waals surface area (Å²) in [6.45, 7) is 0.158. The molecule has 1 amide bonds. The van der Waals surface area contributed by atoms with Gasteiger partial charge in [0.1, 0.15) is 0 Å². The Labute approximate surface area is 174 Å². The largest absolute Gasteiger partial charge is 0.480 e. The fourth-order valence-electron chi connectivity index (χ4n) is 3.24. The van der Waals surface area contributed by atoms with Gasteiger partial charge in [-0.3, -0.25) is 4.79 Å². The number of nitrogens with one attached hydrogen (secondary N) is 2. The van der Waals surface area contributed by atoms with Gasteiger partial charge in [0.25, 0.3) is 5.91 Å². The molecule has 4 rings (SSSR count). The Morgan fingerprint density at radius 1 is 1.19 bits per heavy atom. The molecule has 4 aromatic rings. The van der Waals surface area contributed by atoms with Crippen molar-refractivity contribution in [3.05, 3.63) is 65.6 Å². The highest BCUT2D eigenvalue weighted by Gasteiger charge is 2.41. The van der Waals surface area contributed by atoms with E-state index in [4.69, 9.17) is 4.74 Å². The van der Waals surface area contributed by atoms with Gasteiger partial charge >= 0.3 is 6.18 Å². The summed E-state index contributed by atoms with van der Waals surface area (Å²) in [5.74, 6) is -0.925. The van der Waals surface area contributed by atoms with Gasteiger partial charge in [0, 0.05) is 29.7 Å². The molecule has 0 saturated heterocycles. The summed E-state index contributed by atoms with van der Waals surface area (Å²) in [7, 11) is 1.36. The van der Waals surface area contributed by atoms with Gasteiger partial charge in [-0.05, 0) is 24.1 Å². The van der Waals surface area contributed by atoms with Gasteiger partial charge in [-0.1, -0.05) is 18.2 Å². The number of carbonyl (C=O) groups excluding carboxylic acids is 1. The minimum Gasteiger partial charge on any atom is -0.480 e. The molecule has 31 heavy (non-hydrogen) atoms. The summed E-state index contributed by atoms with van der Waals surface area (Å²) in [5.41, 5.74) is 0.0850. The van der Waals surface area contributed by atoms with Gasteiger partial charge in [-0.25, -0.2) is 4.68 Å². The molecule has 11 heteroatoms. The van der Waals surface area contributed by atoms with Crippen molar-refractivity contribution in [2.24, 2.45) is 0 Å². The van der Waals surface area contributed by atoms with Crippen molar-refractivity contribution in [3.63, 3.8) is 0 Å². The van der Waals surface area contributed by atoms with Crippen molar-refractivity contribution in [2.75, 3.05) is 13.7 Å². The van der Waals surface area contributed by atoms with Crippen molar-refractivity contribution in [1.29, 1.82) is 0 Å². The molecule has 3 heterocycles. The quantitative estimate of drug-likeness (QED) is 0.490. The molecule has 1 aromatic carbocycles. The SMILES string of the molecule is COc1ccc(-n2ncc(C(=O)NCCc3c[nH]c4ccccc34)c2C(F)(F)F)nn1. The van der Waals surface area contributed by atoms with Gasteiger partial charge < -0.3 is 15.0 Å². The van der Waals surface area contributed by atoms with Crippen molar-refractivity contribution in [1.82, 2.24) is 30.3 Å². The zero-order chi connectivity index (χ0) is 22.0. The van der Waals surface area contributed by atoms with Crippen LogP contribution in [-0.2, 0) is 12.6 Å². The third-order valence-electron chi connectivity index (χ3n) is 4.69. The highest BCUT2D eigenvalue weighted by molar-refractivity contribution is 5.95. The smallest absolute Gasteiger partial charge is 0.434 e. The van der Waals surface area contributed by atoms with E-state index in [9.17, 15) is 18.0 Å². The lowest BCUT2D eigenvalue weighted by molar-refractivity contribution is -0.143. The van der Waals surface area contributed by atoms with E-state index in [1.807, 2.05) is 30.5 Å². The Morgan fingerprint density at radius 3 is 2.71 bits per heavy atom. The number of ether oxygens (including phenoxy) is 1. The number of aromatic nitrogens is 5. The van der Waals surface area contributed by atoms with Gasteiger partial charge in [-0.15, -0.1) is 10.2 Å². The second-order valence-corrected chi connectivity index (χ2v) is 6.62. The van der Waals surface area contributed by atoms with Crippen LogP contribution >= 0.6 is 0 Å². The first-order valence-electron chi connectivity index (χ1n) is 9.25. The van der Waals surface area contributed by atoms with Crippen molar-refractivity contribution < 1.29 is 22.7 Å². The van der Waals surface area contributed by atoms with Crippen LogP contribution < -0.4 is 10.1 Å². The molecule has 2 N–H and O–H groups in total. The summed E-state index contributed by atoms with van der Waals surface area (Å²) in [4.78, 5) is 15.6. The van der Waals surface area contributed by atoms with Crippen molar-refractivity contribution in [2.45, 2.75) is 12.6 Å². The molecule has 0 atom stereocenters. The maximum absolute atomic E-state index is 13.7. The van der Waals surface area contributed by atoms with Gasteiger partial charge in [0.15, 0.2) is 11.5 Å². The van der Waals surface area contributed by atoms with E-state index in [1.165, 1.54) is 19.2 Å². The predicted molar refractivity (Wildman–Crippen MR) is 105 cm³/mol. The molecule has 8 nitrogen and oxygen atoms in total. The number of rotatable bonds is 6. The van der Waals surface area contributed by atoms with E-state index in [0.717, 1.165) is 22.7 Å². The topological polar surface area (TPSA) is 97.7 Å². The Balaban J connectivity index is 1.54. The maximum atomic E-state index is 13.7. The Kier molecular flexibility index (Phi) is 5.32. The van der Waals surface area contributed by atoms with E-state index < -0.39 is 23.3 Å². The summed E-state index contributed by atoms with van der Waals surface area (Å²) in [5, 5.41) is 14.6. The van der Waals surface area contributed by atoms with Crippen LogP contribution in [-0.4, -0.2) is 44.5 Å². The molecule has 0 aliphatic rings. The van der Waals surface area contributed by atoms with E-state index in [1.54, 1.807) is 0 Å². The normalized spacial score (nSPS) is 11.6. The van der Waals surface area contributed by atoms with Crippen LogP contribution in [0.15, 0.2) is 48.8 Å². The number of halogens is 3. The van der Waals surface area contributed by atoms with Crippen LogP contribution in [0.1, 0.15) is 21.6 Å². The van der Waals surface area contributed by atoms with Crippen LogP contribution in [0.25, 0.3) is 16.7 Å². The monoisotopic (exact) mass is 430 g/mol. The zero-order valence-electron chi connectivity index (χ0n) is 16.3. The number of hydrogen-bond acceptors (Lipinski definition) is 5. The molecule has 0 radical (unpaired) electrons. The first-order chi connectivity index (χ1) is 14.9. The minimum absolute atomic E-state index is 0.139. The van der Waals surface area contributed by atoms with Crippen LogP contribution in [0.3, 0.4) is 0 Å². The first kappa shape index (κ1) is 20.4. The first-order valence-corrected chi connectivity index (χ1v) is 9.25. The van der Waals surface area contributed by atoms with E-state index in [2.05, 4.69) is 25.6 Å². The molecule has 0 bridgehead atoms. The van der Waals surface area contributed by atoms with Gasteiger partial charge in [0.2, 0.25) is 5.88 Å². The van der Waals surface area contributed by atoms with E-state index in [-0.39, 0.29) is 18.2 Å². The Morgan fingerprint density at radius 2 is 2.00 bits per heavy atom. The second kappa shape index (κ2) is 8.09. The summed E-state index contributed by atoms with van der Waals surface area (Å²) in [6.07, 6.45) is -1.69. The third kappa shape index (κ3) is 4.06. The highest BCUT2D eigenvalue weighted by Crippen LogP contribution is 2.33. The lowest BCUT2D eigenvalue weighted by Crippen LogP contribution is -2.28. The number of nitrogens with zero attached hydrogens (tertiary/aromatic N) is 4. The number of carbonyl (C=O) groups is 1. The van der Waals surface area contributed by atoms with Gasteiger partial charge in [0.05, 0.1) is 18.9 Å². The third-order valence-corrected chi connectivity index (χ3v) is 4.69. The zero-order valence-corrected chi connectivity index (χ0v) is 16.3. The van der Waals surface area contributed by atoms with Crippen molar-refractivity contribution in [3.8, 4) is 11.7 Å². The molecule has 3 aromatic heterocycles. The van der Waals surface area contributed by atoms with Crippen LogP contribution in [0.2, 0.25) is 0 Å². The molecule has 0 unspecified atom stereocenters. The fraction of sp³-hybridized carbons (Fsp3) is 0.200. The molecule has 0 aliphatic heterocycles. The van der Waals surface area contributed by atoms with Crippen LogP contribution in [0, 0.1) is 0 Å². The lowest BCUT2D eigenvalue weighted by Gasteiger charge is -2.12. The number of fused-ring (bicyclic) bond motifs is 1. The molecule has 0 aliphatic carbocycles. The number of H-pyrrole nitrogens is 1. The number of benzene rings is 1. The van der Waals surface area contributed by atoms with Crippen molar-refractivity contribution >= 4 is 16.8 Å². The summed E-state index contributed by atoms with van der Waals surface area (Å²) in [6, 6.07) is 10.3. The molecule has 0 fully saturated rings. The maximum Gasteiger partial charge on any atom is 0.434 e. The lowest BCUT2D eigenvalue weighted by atomic mass is 10.1. The predicted octanol–water partition coefficient (Wildman–Crippen LogP) is 3.14. The van der Waals surface area contributed by atoms with Crippen LogP contribution in [0.5, 0.6) is 5.88 Å². The van der Waals surface area contributed by atoms with E-state index in [0.29, 0.717) is 11.1 Å². The second-order valence-electron chi connectivity index (χ2n) is 6.62. The average molecular weight is 430 g/mol.